The fraction of sp³-hybridized carbons (Fsp3) is 0.564. The molecule has 7 rings (SSSR count). The van der Waals surface area contributed by atoms with Crippen molar-refractivity contribution in [3.05, 3.63) is 90.5 Å². The highest BCUT2D eigenvalue weighted by Gasteiger charge is 2.41. The lowest BCUT2D eigenvalue weighted by molar-refractivity contribution is -0.147. The number of nitrogens with zero attached hydrogens (tertiary/aromatic N) is 3. The summed E-state index contributed by atoms with van der Waals surface area (Å²) in [5.41, 5.74) is 1.07. The summed E-state index contributed by atoms with van der Waals surface area (Å²) >= 11 is 0. The van der Waals surface area contributed by atoms with Crippen molar-refractivity contribution in [1.82, 2.24) is 20.0 Å². The highest BCUT2D eigenvalue weighted by molar-refractivity contribution is 7.86. The molecule has 0 radical (unpaired) electrons. The molecule has 3 N–H and O–H groups in total. The second-order valence-electron chi connectivity index (χ2n) is 19.4. The van der Waals surface area contributed by atoms with Gasteiger partial charge in [0.25, 0.3) is 20.2 Å². The van der Waals surface area contributed by atoms with Gasteiger partial charge >= 0.3 is 5.97 Å². The first-order valence-electron chi connectivity index (χ1n) is 25.9. The molecule has 3 aliphatic rings. The Morgan fingerprint density at radius 1 is 0.708 bits per heavy atom. The van der Waals surface area contributed by atoms with Crippen molar-refractivity contribution in [3.8, 4) is 5.75 Å². The number of rotatable bonds is 19. The molecule has 398 valence electrons. The Balaban J connectivity index is 0.000000598. The lowest BCUT2D eigenvalue weighted by Gasteiger charge is -2.30. The number of likely N-dealkylation sites (tertiary alicyclic amines) is 3. The summed E-state index contributed by atoms with van der Waals surface area (Å²) in [7, 11) is -6.68. The maximum atomic E-state index is 14.0. The van der Waals surface area contributed by atoms with E-state index in [-0.39, 0.29) is 25.2 Å². The van der Waals surface area contributed by atoms with Gasteiger partial charge in [0.15, 0.2) is 0 Å². The van der Waals surface area contributed by atoms with E-state index in [9.17, 15) is 45.1 Å². The number of esters is 1. The summed E-state index contributed by atoms with van der Waals surface area (Å²) in [4.78, 5) is 59.9. The Hall–Kier alpha value is -4.78. The van der Waals surface area contributed by atoms with Crippen molar-refractivity contribution < 1.29 is 49.9 Å². The molecule has 0 spiro atoms. The zero-order valence-electron chi connectivity index (χ0n) is 43.3. The number of hydrogen-bond acceptors (Lipinski definition) is 11. The molecule has 0 unspecified atom stereocenters. The molecule has 3 saturated heterocycles. The Morgan fingerprint density at radius 3 is 1.88 bits per heavy atom. The van der Waals surface area contributed by atoms with Gasteiger partial charge < -0.3 is 19.9 Å². The van der Waals surface area contributed by atoms with Gasteiger partial charge in [-0.1, -0.05) is 113 Å². The van der Waals surface area contributed by atoms with Crippen molar-refractivity contribution in [3.63, 3.8) is 0 Å². The van der Waals surface area contributed by atoms with E-state index < -0.39 is 80.0 Å². The molecule has 4 aromatic carbocycles. The molecule has 17 heteroatoms. The summed E-state index contributed by atoms with van der Waals surface area (Å²) in [6.45, 7) is 12.6. The summed E-state index contributed by atoms with van der Waals surface area (Å²) < 4.78 is 71.1. The van der Waals surface area contributed by atoms with Crippen LogP contribution < -0.4 is 10.1 Å². The molecule has 3 aliphatic heterocycles. The number of ketones is 1. The van der Waals surface area contributed by atoms with Crippen molar-refractivity contribution in [2.24, 2.45) is 5.92 Å². The minimum atomic E-state index is -4.49. The van der Waals surface area contributed by atoms with E-state index in [4.69, 9.17) is 4.74 Å². The van der Waals surface area contributed by atoms with Crippen LogP contribution in [0.3, 0.4) is 0 Å². The molecular weight excluding hydrogens is 957 g/mol. The second kappa shape index (κ2) is 29.8. The van der Waals surface area contributed by atoms with Gasteiger partial charge in [0.2, 0.25) is 11.8 Å². The van der Waals surface area contributed by atoms with Crippen LogP contribution in [0.4, 0.5) is 0 Å². The molecular formula is C55H80N4O11S2. The van der Waals surface area contributed by atoms with Gasteiger partial charge in [-0.2, -0.15) is 16.8 Å². The predicted octanol–water partition coefficient (Wildman–Crippen LogP) is 9.06. The van der Waals surface area contributed by atoms with Crippen LogP contribution in [0.5, 0.6) is 5.75 Å². The Morgan fingerprint density at radius 2 is 1.28 bits per heavy atom. The first-order valence-corrected chi connectivity index (χ1v) is 29.1. The third-order valence-corrected chi connectivity index (χ3v) is 14.8. The molecule has 0 saturated carbocycles. The zero-order chi connectivity index (χ0) is 52.8. The third kappa shape index (κ3) is 19.6. The van der Waals surface area contributed by atoms with Gasteiger partial charge in [-0.15, -0.1) is 0 Å². The van der Waals surface area contributed by atoms with Gasteiger partial charge in [-0.3, -0.25) is 28.4 Å². The van der Waals surface area contributed by atoms with Crippen LogP contribution >= 0.6 is 0 Å². The first-order chi connectivity index (χ1) is 34.3. The number of nitrogens with one attached hydrogen (secondary N) is 1. The number of carbonyl (C=O) groups is 4. The highest BCUT2D eigenvalue weighted by atomic mass is 32.2. The molecule has 3 fully saturated rings. The standard InChI is InChI=1S/C39H56N4O11S2.C10H8.2C3H8/c1-27-8-3-9-29-26-31(16-17-32(27)29)54-39(47)35-12-6-23-43(35)38(46)33(19-25-56(51,52)53)40-37(45)34-11-5-21-42(34)22-7-13-36(44)28(18-24-55(48,49)50)14-15-30-10-4-20-41(30)2;1-2-6-10-8-4-3-7-9(10)5-1;2*1-3-2/h3,8-9,16-17,26,28,30,33-35H,4-7,10-15,18-25H2,1-2H3,(H,40,45)(H,48,49,50)(H,51,52,53);1-8H;2*3H2,1-2H3/t28-,30-,33-,34-,35-;;;/m0.../s1. The maximum Gasteiger partial charge on any atom is 0.334 e. The average Bonchev–Trinajstić information content (AvgIpc) is 4.12. The van der Waals surface area contributed by atoms with E-state index in [1.807, 2.05) is 43.1 Å². The number of ether oxygens (including phenoxy) is 1. The molecule has 0 aliphatic carbocycles. The van der Waals surface area contributed by atoms with Crippen LogP contribution in [-0.2, 0) is 39.4 Å². The normalized spacial score (nSPS) is 19.0. The maximum absolute atomic E-state index is 14.0. The van der Waals surface area contributed by atoms with Crippen LogP contribution in [0.25, 0.3) is 21.5 Å². The highest BCUT2D eigenvalue weighted by Crippen LogP contribution is 2.28. The monoisotopic (exact) mass is 1040 g/mol. The minimum absolute atomic E-state index is 0.0422. The van der Waals surface area contributed by atoms with Crippen molar-refractivity contribution >= 4 is 65.3 Å². The molecule has 0 aromatic heterocycles. The fourth-order valence-electron chi connectivity index (χ4n) is 9.62. The van der Waals surface area contributed by atoms with Crippen molar-refractivity contribution in [2.75, 3.05) is 44.7 Å². The van der Waals surface area contributed by atoms with E-state index in [1.54, 1.807) is 12.1 Å². The molecule has 72 heavy (non-hydrogen) atoms. The molecule has 15 nitrogen and oxygen atoms in total. The number of Topliss-reactive ketones (excluding diaryl/α,β-unsaturated/α-hetero) is 1. The Bertz CT molecular complexity index is 2530. The minimum Gasteiger partial charge on any atom is -0.425 e. The fourth-order valence-corrected chi connectivity index (χ4v) is 10.7. The van der Waals surface area contributed by atoms with Crippen LogP contribution in [0.15, 0.2) is 84.9 Å². The quantitative estimate of drug-likeness (QED) is 0.0456. The predicted molar refractivity (Wildman–Crippen MR) is 286 cm³/mol. The number of aryl methyl sites for hydroxylation is 1. The van der Waals surface area contributed by atoms with Crippen LogP contribution in [-0.4, -0.2) is 133 Å². The van der Waals surface area contributed by atoms with Gasteiger partial charge in [0.1, 0.15) is 23.6 Å². The summed E-state index contributed by atoms with van der Waals surface area (Å²) in [6, 6.07) is 25.2. The second-order valence-corrected chi connectivity index (χ2v) is 22.5. The Kier molecular flexibility index (Phi) is 24.7. The van der Waals surface area contributed by atoms with Crippen molar-refractivity contribution in [2.45, 2.75) is 149 Å². The van der Waals surface area contributed by atoms with E-state index in [0.717, 1.165) is 42.1 Å². The number of benzene rings is 4. The number of hydrogen-bond donors (Lipinski definition) is 3. The summed E-state index contributed by atoms with van der Waals surface area (Å²) in [6.07, 6.45) is 8.04. The van der Waals surface area contributed by atoms with E-state index in [1.165, 1.54) is 28.5 Å². The Labute approximate surface area is 428 Å². The third-order valence-electron chi connectivity index (χ3n) is 13.3. The largest absolute Gasteiger partial charge is 0.425 e. The number of amides is 2. The number of carbonyl (C=O) groups excluding carboxylic acids is 4. The molecule has 2 amide bonds. The van der Waals surface area contributed by atoms with Gasteiger partial charge in [-0.05, 0) is 143 Å². The van der Waals surface area contributed by atoms with Gasteiger partial charge in [0.05, 0.1) is 17.5 Å². The zero-order valence-corrected chi connectivity index (χ0v) is 45.0. The SMILES string of the molecule is CCC.CCC.Cc1cccc2cc(OC(=O)[C@@H]3CCCN3C(=O)[C@H](CCS(=O)(=O)O)NC(=O)[C@@H]3CCCN3CCCC(=O)[C@@H](CC[C@@H]3CCCN3C)CCS(=O)(=O)O)ccc12.c1ccc2ccccc2c1. The van der Waals surface area contributed by atoms with E-state index >= 15 is 0 Å². The smallest absolute Gasteiger partial charge is 0.334 e. The van der Waals surface area contributed by atoms with E-state index in [2.05, 4.69) is 86.4 Å². The van der Waals surface area contributed by atoms with Crippen LogP contribution in [0.2, 0.25) is 0 Å². The van der Waals surface area contributed by atoms with Crippen LogP contribution in [0, 0.1) is 12.8 Å². The molecule has 5 atom stereocenters. The van der Waals surface area contributed by atoms with Gasteiger partial charge in [0, 0.05) is 24.9 Å². The summed E-state index contributed by atoms with van der Waals surface area (Å²) in [5, 5.41) is 7.24. The van der Waals surface area contributed by atoms with Crippen molar-refractivity contribution in [1.29, 1.82) is 0 Å². The summed E-state index contributed by atoms with van der Waals surface area (Å²) in [5.74, 6) is -3.34. The number of fused-ring (bicyclic) bond motifs is 2. The lowest BCUT2D eigenvalue weighted by Crippen LogP contribution is -2.55. The molecule has 4 aromatic rings. The first kappa shape index (κ1) is 59.8. The van der Waals surface area contributed by atoms with E-state index in [0.29, 0.717) is 63.4 Å². The average molecular weight is 1040 g/mol. The lowest BCUT2D eigenvalue weighted by atomic mass is 9.90. The molecule has 3 heterocycles. The molecule has 0 bridgehead atoms. The van der Waals surface area contributed by atoms with Crippen LogP contribution in [0.1, 0.15) is 123 Å². The van der Waals surface area contributed by atoms with Gasteiger partial charge in [-0.25, -0.2) is 4.79 Å². The topological polar surface area (TPSA) is 208 Å².